The lowest BCUT2D eigenvalue weighted by atomic mass is 9.98. The lowest BCUT2D eigenvalue weighted by Crippen LogP contribution is -1.98. The Kier molecular flexibility index (Phi) is 3.14. The number of hydrogen-bond acceptors (Lipinski definition) is 1. The SMILES string of the molecule is Cc1cccc(Cc2cc(F)cc(N)c2C)c1. The van der Waals surface area contributed by atoms with Gasteiger partial charge in [0.05, 0.1) is 0 Å². The Morgan fingerprint density at radius 2 is 1.88 bits per heavy atom. The molecular weight excluding hydrogens is 213 g/mol. The molecule has 0 amide bonds. The van der Waals surface area contributed by atoms with Gasteiger partial charge in [-0.15, -0.1) is 0 Å². The highest BCUT2D eigenvalue weighted by Crippen LogP contribution is 2.21. The Morgan fingerprint density at radius 1 is 1.12 bits per heavy atom. The zero-order chi connectivity index (χ0) is 12.4. The predicted molar refractivity (Wildman–Crippen MR) is 69.5 cm³/mol. The minimum Gasteiger partial charge on any atom is -0.398 e. The van der Waals surface area contributed by atoms with Crippen LogP contribution < -0.4 is 5.73 Å². The maximum absolute atomic E-state index is 13.3. The summed E-state index contributed by atoms with van der Waals surface area (Å²) in [5, 5.41) is 0. The fourth-order valence-electron chi connectivity index (χ4n) is 1.98. The van der Waals surface area contributed by atoms with E-state index in [1.807, 2.05) is 19.1 Å². The summed E-state index contributed by atoms with van der Waals surface area (Å²) in [5.74, 6) is -0.268. The van der Waals surface area contributed by atoms with E-state index in [1.54, 1.807) is 6.07 Å². The first kappa shape index (κ1) is 11.6. The number of rotatable bonds is 2. The summed E-state index contributed by atoms with van der Waals surface area (Å²) in [5.41, 5.74) is 10.6. The minimum absolute atomic E-state index is 0.268. The summed E-state index contributed by atoms with van der Waals surface area (Å²) in [6.07, 6.45) is 0.718. The van der Waals surface area contributed by atoms with Gasteiger partial charge in [0.15, 0.2) is 0 Å². The van der Waals surface area contributed by atoms with Crippen LogP contribution in [-0.2, 0) is 6.42 Å². The van der Waals surface area contributed by atoms with Crippen LogP contribution in [-0.4, -0.2) is 0 Å². The maximum atomic E-state index is 13.3. The van der Waals surface area contributed by atoms with E-state index in [0.717, 1.165) is 17.5 Å². The van der Waals surface area contributed by atoms with Gasteiger partial charge in [0.1, 0.15) is 5.82 Å². The molecule has 0 bridgehead atoms. The third kappa shape index (κ3) is 2.64. The van der Waals surface area contributed by atoms with Gasteiger partial charge in [-0.05, 0) is 49.1 Å². The van der Waals surface area contributed by atoms with E-state index in [9.17, 15) is 4.39 Å². The Balaban J connectivity index is 2.36. The molecular formula is C15H16FN. The molecule has 0 radical (unpaired) electrons. The molecule has 2 heteroatoms. The van der Waals surface area contributed by atoms with E-state index in [2.05, 4.69) is 19.1 Å². The topological polar surface area (TPSA) is 26.0 Å². The van der Waals surface area contributed by atoms with Crippen LogP contribution in [0.1, 0.15) is 22.3 Å². The van der Waals surface area contributed by atoms with Crippen LogP contribution in [0, 0.1) is 19.7 Å². The molecule has 0 spiro atoms. The number of nitrogens with two attached hydrogens (primary N) is 1. The van der Waals surface area contributed by atoms with Crippen molar-refractivity contribution in [2.24, 2.45) is 0 Å². The summed E-state index contributed by atoms with van der Waals surface area (Å²) in [6, 6.07) is 11.2. The van der Waals surface area contributed by atoms with Crippen LogP contribution in [0.2, 0.25) is 0 Å². The Morgan fingerprint density at radius 3 is 2.59 bits per heavy atom. The molecule has 2 aromatic carbocycles. The first-order valence-electron chi connectivity index (χ1n) is 5.66. The van der Waals surface area contributed by atoms with Crippen molar-refractivity contribution in [2.45, 2.75) is 20.3 Å². The number of hydrogen-bond donors (Lipinski definition) is 1. The fourth-order valence-corrected chi connectivity index (χ4v) is 1.98. The average Bonchev–Trinajstić information content (AvgIpc) is 2.25. The first-order chi connectivity index (χ1) is 8.06. The molecule has 0 unspecified atom stereocenters. The molecule has 2 N–H and O–H groups in total. The zero-order valence-electron chi connectivity index (χ0n) is 10.1. The van der Waals surface area contributed by atoms with Gasteiger partial charge in [-0.25, -0.2) is 4.39 Å². The summed E-state index contributed by atoms with van der Waals surface area (Å²) in [7, 11) is 0. The van der Waals surface area contributed by atoms with E-state index in [-0.39, 0.29) is 5.82 Å². The third-order valence-corrected chi connectivity index (χ3v) is 3.00. The molecule has 0 heterocycles. The van der Waals surface area contributed by atoms with Gasteiger partial charge in [0, 0.05) is 5.69 Å². The highest BCUT2D eigenvalue weighted by atomic mass is 19.1. The quantitative estimate of drug-likeness (QED) is 0.782. The van der Waals surface area contributed by atoms with Gasteiger partial charge >= 0.3 is 0 Å². The number of nitrogen functional groups attached to an aromatic ring is 1. The van der Waals surface area contributed by atoms with E-state index < -0.39 is 0 Å². The molecule has 1 nitrogen and oxygen atoms in total. The molecule has 2 aromatic rings. The van der Waals surface area contributed by atoms with Crippen molar-refractivity contribution in [1.29, 1.82) is 0 Å². The molecule has 0 saturated carbocycles. The highest BCUT2D eigenvalue weighted by molar-refractivity contribution is 5.51. The third-order valence-electron chi connectivity index (χ3n) is 3.00. The molecule has 0 aliphatic carbocycles. The van der Waals surface area contributed by atoms with Crippen molar-refractivity contribution in [3.05, 3.63) is 64.5 Å². The van der Waals surface area contributed by atoms with Crippen molar-refractivity contribution < 1.29 is 4.39 Å². The summed E-state index contributed by atoms with van der Waals surface area (Å²) < 4.78 is 13.3. The predicted octanol–water partition coefficient (Wildman–Crippen LogP) is 3.62. The second-order valence-electron chi connectivity index (χ2n) is 4.44. The van der Waals surface area contributed by atoms with Crippen LogP contribution in [0.25, 0.3) is 0 Å². The number of aryl methyl sites for hydroxylation is 1. The van der Waals surface area contributed by atoms with Gasteiger partial charge in [-0.1, -0.05) is 29.8 Å². The second-order valence-corrected chi connectivity index (χ2v) is 4.44. The molecule has 0 aliphatic rings. The number of halogens is 1. The van der Waals surface area contributed by atoms with Gasteiger partial charge in [0.25, 0.3) is 0 Å². The zero-order valence-corrected chi connectivity index (χ0v) is 10.1. The summed E-state index contributed by atoms with van der Waals surface area (Å²) >= 11 is 0. The summed E-state index contributed by atoms with van der Waals surface area (Å²) in [4.78, 5) is 0. The van der Waals surface area contributed by atoms with Crippen LogP contribution in [0.5, 0.6) is 0 Å². The van der Waals surface area contributed by atoms with E-state index in [4.69, 9.17) is 5.73 Å². The van der Waals surface area contributed by atoms with Crippen molar-refractivity contribution in [3.8, 4) is 0 Å². The van der Waals surface area contributed by atoms with Crippen molar-refractivity contribution in [3.63, 3.8) is 0 Å². The van der Waals surface area contributed by atoms with Gasteiger partial charge in [0.2, 0.25) is 0 Å². The molecule has 0 atom stereocenters. The van der Waals surface area contributed by atoms with Crippen LogP contribution >= 0.6 is 0 Å². The van der Waals surface area contributed by atoms with E-state index in [1.165, 1.54) is 17.2 Å². The van der Waals surface area contributed by atoms with Gasteiger partial charge < -0.3 is 5.73 Å². The standard InChI is InChI=1S/C15H16FN/c1-10-4-3-5-12(6-10)7-13-8-14(16)9-15(17)11(13)2/h3-6,8-9H,7,17H2,1-2H3. The monoisotopic (exact) mass is 229 g/mol. The molecule has 0 saturated heterocycles. The maximum Gasteiger partial charge on any atom is 0.125 e. The molecule has 0 aliphatic heterocycles. The highest BCUT2D eigenvalue weighted by Gasteiger charge is 2.06. The van der Waals surface area contributed by atoms with Crippen LogP contribution in [0.4, 0.5) is 10.1 Å². The van der Waals surface area contributed by atoms with Crippen LogP contribution in [0.3, 0.4) is 0 Å². The molecule has 0 aromatic heterocycles. The first-order valence-corrected chi connectivity index (χ1v) is 5.66. The van der Waals surface area contributed by atoms with Crippen molar-refractivity contribution in [2.75, 3.05) is 5.73 Å². The minimum atomic E-state index is -0.268. The lowest BCUT2D eigenvalue weighted by Gasteiger charge is -2.09. The number of benzene rings is 2. The van der Waals surface area contributed by atoms with Crippen LogP contribution in [0.15, 0.2) is 36.4 Å². The molecule has 88 valence electrons. The normalized spacial score (nSPS) is 10.5. The molecule has 0 fully saturated rings. The largest absolute Gasteiger partial charge is 0.398 e. The average molecular weight is 229 g/mol. The fraction of sp³-hybridized carbons (Fsp3) is 0.200. The number of anilines is 1. The van der Waals surface area contributed by atoms with E-state index >= 15 is 0 Å². The molecule has 17 heavy (non-hydrogen) atoms. The van der Waals surface area contributed by atoms with Gasteiger partial charge in [-0.2, -0.15) is 0 Å². The lowest BCUT2D eigenvalue weighted by molar-refractivity contribution is 0.626. The Labute approximate surface area is 101 Å². The van der Waals surface area contributed by atoms with Crippen molar-refractivity contribution in [1.82, 2.24) is 0 Å². The Hall–Kier alpha value is -1.83. The molecule has 2 rings (SSSR count). The van der Waals surface area contributed by atoms with E-state index in [0.29, 0.717) is 5.69 Å². The Bertz CT molecular complexity index is 547. The summed E-state index contributed by atoms with van der Waals surface area (Å²) in [6.45, 7) is 3.98. The second kappa shape index (κ2) is 4.58. The smallest absolute Gasteiger partial charge is 0.125 e. The van der Waals surface area contributed by atoms with Crippen molar-refractivity contribution >= 4 is 5.69 Å². The van der Waals surface area contributed by atoms with Gasteiger partial charge in [-0.3, -0.25) is 0 Å².